The highest BCUT2D eigenvalue weighted by Crippen LogP contribution is 2.21. The third-order valence-electron chi connectivity index (χ3n) is 4.13. The van der Waals surface area contributed by atoms with Gasteiger partial charge in [-0.15, -0.1) is 0 Å². The van der Waals surface area contributed by atoms with Gasteiger partial charge in [-0.2, -0.15) is 0 Å². The van der Waals surface area contributed by atoms with Crippen LogP contribution in [-0.4, -0.2) is 34.2 Å². The Morgan fingerprint density at radius 2 is 2.04 bits per heavy atom. The number of urea groups is 1. The van der Waals surface area contributed by atoms with Crippen molar-refractivity contribution in [1.29, 1.82) is 0 Å². The van der Waals surface area contributed by atoms with Crippen molar-refractivity contribution in [3.63, 3.8) is 0 Å². The Bertz CT molecular complexity index is 941. The zero-order valence-corrected chi connectivity index (χ0v) is 14.4. The van der Waals surface area contributed by atoms with Crippen LogP contribution in [0.5, 0.6) is 0 Å². The summed E-state index contributed by atoms with van der Waals surface area (Å²) in [4.78, 5) is 47.3. The highest BCUT2D eigenvalue weighted by atomic mass is 16.6. The number of hydrogen-bond acceptors (Lipinski definition) is 5. The molecule has 138 valence electrons. The SMILES string of the molecule is Cc1ccc(C(=O)Nc2cccc(CN3C(=O)CNC3=O)c2)cc1[N+](=O)[O-]. The van der Waals surface area contributed by atoms with Crippen molar-refractivity contribution in [3.05, 3.63) is 69.3 Å². The molecule has 4 amide bonds. The highest BCUT2D eigenvalue weighted by molar-refractivity contribution is 6.05. The molecule has 2 aromatic rings. The number of nitrogens with zero attached hydrogens (tertiary/aromatic N) is 2. The normalized spacial score (nSPS) is 13.4. The Morgan fingerprint density at radius 1 is 1.26 bits per heavy atom. The van der Waals surface area contributed by atoms with Crippen LogP contribution < -0.4 is 10.6 Å². The Hall–Kier alpha value is -3.75. The fourth-order valence-electron chi connectivity index (χ4n) is 2.70. The van der Waals surface area contributed by atoms with E-state index in [-0.39, 0.29) is 30.2 Å². The molecule has 0 aromatic heterocycles. The van der Waals surface area contributed by atoms with E-state index in [0.717, 1.165) is 4.90 Å². The van der Waals surface area contributed by atoms with E-state index in [9.17, 15) is 24.5 Å². The van der Waals surface area contributed by atoms with Gasteiger partial charge in [-0.1, -0.05) is 18.2 Å². The maximum Gasteiger partial charge on any atom is 0.324 e. The summed E-state index contributed by atoms with van der Waals surface area (Å²) in [6, 6.07) is 10.5. The molecule has 0 unspecified atom stereocenters. The minimum absolute atomic E-state index is 0.0263. The number of hydrogen-bond donors (Lipinski definition) is 2. The van der Waals surface area contributed by atoms with E-state index in [0.29, 0.717) is 16.8 Å². The van der Waals surface area contributed by atoms with E-state index >= 15 is 0 Å². The summed E-state index contributed by atoms with van der Waals surface area (Å²) in [6.45, 7) is 1.66. The second kappa shape index (κ2) is 7.24. The molecule has 1 aliphatic rings. The molecule has 0 aliphatic carbocycles. The van der Waals surface area contributed by atoms with Crippen LogP contribution in [0.25, 0.3) is 0 Å². The molecule has 1 heterocycles. The second-order valence-corrected chi connectivity index (χ2v) is 6.05. The number of nitrogens with one attached hydrogen (secondary N) is 2. The molecule has 0 spiro atoms. The smallest absolute Gasteiger partial charge is 0.324 e. The lowest BCUT2D eigenvalue weighted by Crippen LogP contribution is -2.30. The molecule has 3 rings (SSSR count). The van der Waals surface area contributed by atoms with Gasteiger partial charge in [0.2, 0.25) is 5.91 Å². The molecular weight excluding hydrogens is 352 g/mol. The van der Waals surface area contributed by atoms with Gasteiger partial charge < -0.3 is 10.6 Å². The van der Waals surface area contributed by atoms with Gasteiger partial charge in [-0.25, -0.2) is 4.79 Å². The van der Waals surface area contributed by atoms with Crippen LogP contribution in [-0.2, 0) is 11.3 Å². The zero-order chi connectivity index (χ0) is 19.6. The van der Waals surface area contributed by atoms with Gasteiger partial charge in [0.1, 0.15) is 0 Å². The maximum absolute atomic E-state index is 12.4. The first kappa shape index (κ1) is 18.1. The van der Waals surface area contributed by atoms with Gasteiger partial charge in [-0.3, -0.25) is 24.6 Å². The van der Waals surface area contributed by atoms with E-state index in [2.05, 4.69) is 10.6 Å². The Labute approximate surface area is 154 Å². The summed E-state index contributed by atoms with van der Waals surface area (Å²) < 4.78 is 0. The van der Waals surface area contributed by atoms with E-state index in [4.69, 9.17) is 0 Å². The third-order valence-corrected chi connectivity index (χ3v) is 4.13. The Kier molecular flexibility index (Phi) is 4.84. The summed E-state index contributed by atoms with van der Waals surface area (Å²) in [5, 5.41) is 16.1. The number of rotatable bonds is 5. The van der Waals surface area contributed by atoms with Gasteiger partial charge in [0.25, 0.3) is 11.6 Å². The summed E-state index contributed by atoms with van der Waals surface area (Å²) in [6.07, 6.45) is 0. The molecule has 0 bridgehead atoms. The van der Waals surface area contributed by atoms with Crippen LogP contribution >= 0.6 is 0 Å². The number of benzene rings is 2. The number of anilines is 1. The van der Waals surface area contributed by atoms with Gasteiger partial charge in [-0.05, 0) is 30.7 Å². The molecule has 0 radical (unpaired) electrons. The van der Waals surface area contributed by atoms with Crippen molar-refractivity contribution < 1.29 is 19.3 Å². The van der Waals surface area contributed by atoms with Crippen molar-refractivity contribution in [2.24, 2.45) is 0 Å². The van der Waals surface area contributed by atoms with E-state index in [1.807, 2.05) is 0 Å². The minimum atomic E-state index is -0.537. The van der Waals surface area contributed by atoms with Crippen LogP contribution in [0.15, 0.2) is 42.5 Å². The monoisotopic (exact) mass is 368 g/mol. The molecule has 0 saturated carbocycles. The van der Waals surface area contributed by atoms with Crippen LogP contribution in [0.2, 0.25) is 0 Å². The lowest BCUT2D eigenvalue weighted by Gasteiger charge is -2.13. The Morgan fingerprint density at radius 3 is 2.70 bits per heavy atom. The Balaban J connectivity index is 1.75. The summed E-state index contributed by atoms with van der Waals surface area (Å²) >= 11 is 0. The van der Waals surface area contributed by atoms with Gasteiger partial charge >= 0.3 is 6.03 Å². The molecule has 2 N–H and O–H groups in total. The van der Waals surface area contributed by atoms with Crippen molar-refractivity contribution in [2.75, 3.05) is 11.9 Å². The fourth-order valence-corrected chi connectivity index (χ4v) is 2.70. The lowest BCUT2D eigenvalue weighted by molar-refractivity contribution is -0.385. The van der Waals surface area contributed by atoms with E-state index in [1.165, 1.54) is 18.2 Å². The van der Waals surface area contributed by atoms with Crippen molar-refractivity contribution in [2.45, 2.75) is 13.5 Å². The summed E-state index contributed by atoms with van der Waals surface area (Å²) in [7, 11) is 0. The zero-order valence-electron chi connectivity index (χ0n) is 14.4. The summed E-state index contributed by atoms with van der Waals surface area (Å²) in [5.41, 5.74) is 1.61. The molecule has 2 aromatic carbocycles. The van der Waals surface area contributed by atoms with E-state index in [1.54, 1.807) is 31.2 Å². The molecule has 0 atom stereocenters. The van der Waals surface area contributed by atoms with Gasteiger partial charge in [0.15, 0.2) is 0 Å². The highest BCUT2D eigenvalue weighted by Gasteiger charge is 2.28. The number of nitro groups is 1. The molecule has 1 aliphatic heterocycles. The number of carbonyl (C=O) groups is 3. The third kappa shape index (κ3) is 3.92. The van der Waals surface area contributed by atoms with Crippen molar-refractivity contribution in [1.82, 2.24) is 10.2 Å². The number of amides is 4. The average Bonchev–Trinajstić information content (AvgIpc) is 2.94. The van der Waals surface area contributed by atoms with Gasteiger partial charge in [0.05, 0.1) is 18.0 Å². The van der Waals surface area contributed by atoms with Crippen LogP contribution in [0.4, 0.5) is 16.2 Å². The molecule has 1 fully saturated rings. The molecule has 9 heteroatoms. The van der Waals surface area contributed by atoms with Crippen molar-refractivity contribution in [3.8, 4) is 0 Å². The molecular formula is C18H16N4O5. The number of carbonyl (C=O) groups excluding carboxylic acids is 3. The van der Waals surface area contributed by atoms with Crippen molar-refractivity contribution >= 4 is 29.2 Å². The van der Waals surface area contributed by atoms with Crippen LogP contribution in [0.1, 0.15) is 21.5 Å². The fraction of sp³-hybridized carbons (Fsp3) is 0.167. The quantitative estimate of drug-likeness (QED) is 0.476. The standard InChI is InChI=1S/C18H16N4O5/c1-11-5-6-13(8-15(11)22(26)27)17(24)20-14-4-2-3-12(7-14)10-21-16(23)9-19-18(21)25/h2-8H,9-10H2,1H3,(H,19,25)(H,20,24). The first-order valence-electron chi connectivity index (χ1n) is 8.08. The predicted octanol–water partition coefficient (Wildman–Crippen LogP) is 2.21. The second-order valence-electron chi connectivity index (χ2n) is 6.05. The van der Waals surface area contributed by atoms with Gasteiger partial charge in [0, 0.05) is 22.9 Å². The maximum atomic E-state index is 12.4. The minimum Gasteiger partial charge on any atom is -0.329 e. The molecule has 9 nitrogen and oxygen atoms in total. The average molecular weight is 368 g/mol. The van der Waals surface area contributed by atoms with E-state index < -0.39 is 16.9 Å². The first-order valence-corrected chi connectivity index (χ1v) is 8.08. The topological polar surface area (TPSA) is 122 Å². The molecule has 1 saturated heterocycles. The summed E-state index contributed by atoms with van der Waals surface area (Å²) in [5.74, 6) is -0.813. The molecule has 27 heavy (non-hydrogen) atoms. The van der Waals surface area contributed by atoms with Crippen LogP contribution in [0.3, 0.4) is 0 Å². The number of imide groups is 1. The number of aryl methyl sites for hydroxylation is 1. The van der Waals surface area contributed by atoms with Crippen LogP contribution in [0, 0.1) is 17.0 Å². The largest absolute Gasteiger partial charge is 0.329 e. The number of nitro benzene ring substituents is 1. The lowest BCUT2D eigenvalue weighted by atomic mass is 10.1. The first-order chi connectivity index (χ1) is 12.8. The predicted molar refractivity (Wildman–Crippen MR) is 96.2 cm³/mol.